The van der Waals surface area contributed by atoms with E-state index in [1.54, 1.807) is 4.90 Å². The summed E-state index contributed by atoms with van der Waals surface area (Å²) in [5.74, 6) is -0.930. The Labute approximate surface area is 104 Å². The largest absolute Gasteiger partial charge is 0.478 e. The number of anilines is 2. The van der Waals surface area contributed by atoms with Gasteiger partial charge in [0.05, 0.1) is 29.0 Å². The molecule has 1 aromatic rings. The van der Waals surface area contributed by atoms with Crippen LogP contribution >= 0.6 is 0 Å². The van der Waals surface area contributed by atoms with Crippen LogP contribution in [0.15, 0.2) is 12.3 Å². The average Bonchev–Trinajstić information content (AvgIpc) is 2.29. The van der Waals surface area contributed by atoms with Crippen molar-refractivity contribution in [2.45, 2.75) is 0 Å². The van der Waals surface area contributed by atoms with Crippen LogP contribution in [0.1, 0.15) is 10.4 Å². The van der Waals surface area contributed by atoms with Crippen molar-refractivity contribution in [1.29, 1.82) is 0 Å². The smallest absolute Gasteiger partial charge is 0.338 e. The van der Waals surface area contributed by atoms with Crippen LogP contribution in [0.25, 0.3) is 0 Å². The van der Waals surface area contributed by atoms with E-state index in [0.29, 0.717) is 5.69 Å². The van der Waals surface area contributed by atoms with Crippen molar-refractivity contribution in [3.8, 4) is 0 Å². The number of carboxylic acids is 1. The fourth-order valence-electron chi connectivity index (χ4n) is 1.84. The maximum atomic E-state index is 11.3. The van der Waals surface area contributed by atoms with E-state index in [1.165, 1.54) is 12.3 Å². The molecular weight excluding hydrogens is 258 g/mol. The molecule has 0 bridgehead atoms. The lowest BCUT2D eigenvalue weighted by Crippen LogP contribution is -2.41. The van der Waals surface area contributed by atoms with E-state index < -0.39 is 15.8 Å². The first kappa shape index (κ1) is 12.6. The van der Waals surface area contributed by atoms with Crippen molar-refractivity contribution in [3.05, 3.63) is 17.8 Å². The fraction of sp³-hybridized carbons (Fsp3) is 0.400. The van der Waals surface area contributed by atoms with Crippen LogP contribution in [0.2, 0.25) is 0 Å². The van der Waals surface area contributed by atoms with Gasteiger partial charge in [-0.25, -0.2) is 18.2 Å². The zero-order valence-electron chi connectivity index (χ0n) is 9.54. The molecule has 0 amide bonds. The quantitative estimate of drug-likeness (QED) is 0.752. The van der Waals surface area contributed by atoms with E-state index >= 15 is 0 Å². The molecule has 1 aromatic heterocycles. The van der Waals surface area contributed by atoms with Crippen molar-refractivity contribution in [2.75, 3.05) is 35.2 Å². The number of nitrogen functional groups attached to an aromatic ring is 1. The van der Waals surface area contributed by atoms with Crippen LogP contribution in [0.4, 0.5) is 11.5 Å². The highest BCUT2D eigenvalue weighted by atomic mass is 32.2. The van der Waals surface area contributed by atoms with Crippen molar-refractivity contribution < 1.29 is 18.3 Å². The third-order valence-corrected chi connectivity index (χ3v) is 4.43. The molecule has 2 heterocycles. The lowest BCUT2D eigenvalue weighted by Gasteiger charge is -2.29. The van der Waals surface area contributed by atoms with Gasteiger partial charge in [-0.1, -0.05) is 0 Å². The van der Waals surface area contributed by atoms with Crippen LogP contribution in [0, 0.1) is 0 Å². The van der Waals surface area contributed by atoms with Gasteiger partial charge in [-0.05, 0) is 6.07 Å². The maximum Gasteiger partial charge on any atom is 0.338 e. The summed E-state index contributed by atoms with van der Waals surface area (Å²) in [7, 11) is -3.00. The summed E-state index contributed by atoms with van der Waals surface area (Å²) in [6, 6.07) is 1.28. The molecule has 3 N–H and O–H groups in total. The van der Waals surface area contributed by atoms with Gasteiger partial charge >= 0.3 is 5.97 Å². The molecule has 0 atom stereocenters. The minimum atomic E-state index is -3.00. The summed E-state index contributed by atoms with van der Waals surface area (Å²) in [6.07, 6.45) is 1.37. The van der Waals surface area contributed by atoms with E-state index in [-0.39, 0.29) is 36.0 Å². The molecule has 7 nitrogen and oxygen atoms in total. The Morgan fingerprint density at radius 3 is 2.56 bits per heavy atom. The second kappa shape index (κ2) is 4.45. The van der Waals surface area contributed by atoms with Gasteiger partial charge in [0, 0.05) is 13.1 Å². The maximum absolute atomic E-state index is 11.3. The molecule has 0 saturated carbocycles. The lowest BCUT2D eigenvalue weighted by atomic mass is 10.2. The van der Waals surface area contributed by atoms with Crippen LogP contribution in [0.5, 0.6) is 0 Å². The number of hydrogen-bond acceptors (Lipinski definition) is 6. The first-order valence-corrected chi connectivity index (χ1v) is 7.15. The number of carboxylic acid groups (broad SMARTS) is 1. The summed E-state index contributed by atoms with van der Waals surface area (Å²) in [4.78, 5) is 16.7. The van der Waals surface area contributed by atoms with Gasteiger partial charge in [0.15, 0.2) is 9.84 Å². The molecule has 1 aliphatic heterocycles. The summed E-state index contributed by atoms with van der Waals surface area (Å²) in [5.41, 5.74) is 5.90. The second-order valence-corrected chi connectivity index (χ2v) is 6.37. The number of nitrogens with two attached hydrogens (primary N) is 1. The van der Waals surface area contributed by atoms with Crippen LogP contribution in [-0.2, 0) is 9.84 Å². The van der Waals surface area contributed by atoms with E-state index in [2.05, 4.69) is 4.98 Å². The molecule has 2 rings (SSSR count). The number of hydrogen-bond donors (Lipinski definition) is 2. The molecule has 1 fully saturated rings. The summed E-state index contributed by atoms with van der Waals surface area (Å²) >= 11 is 0. The number of aromatic nitrogens is 1. The Kier molecular flexibility index (Phi) is 3.12. The molecule has 0 aliphatic carbocycles. The highest BCUT2D eigenvalue weighted by Gasteiger charge is 2.25. The Bertz CT molecular complexity index is 571. The Morgan fingerprint density at radius 2 is 2.00 bits per heavy atom. The van der Waals surface area contributed by atoms with Crippen LogP contribution < -0.4 is 10.6 Å². The molecule has 1 aliphatic rings. The van der Waals surface area contributed by atoms with Gasteiger partial charge in [-0.15, -0.1) is 0 Å². The average molecular weight is 271 g/mol. The van der Waals surface area contributed by atoms with Crippen molar-refractivity contribution in [3.63, 3.8) is 0 Å². The third kappa shape index (κ3) is 2.53. The molecule has 0 spiro atoms. The summed E-state index contributed by atoms with van der Waals surface area (Å²) in [6.45, 7) is 0.544. The Morgan fingerprint density at radius 1 is 1.39 bits per heavy atom. The predicted octanol–water partition coefficient (Wildman–Crippen LogP) is -0.403. The standard InChI is InChI=1S/C10H13N3O4S/c11-9-5-7(10(14)15)8(6-12-9)13-1-3-18(16,17)4-2-13/h5-6H,1-4H2,(H2,11,12)(H,14,15). The van der Waals surface area contributed by atoms with E-state index in [1.807, 2.05) is 0 Å². The monoisotopic (exact) mass is 271 g/mol. The minimum Gasteiger partial charge on any atom is -0.478 e. The van der Waals surface area contributed by atoms with Gasteiger partial charge < -0.3 is 15.7 Å². The van der Waals surface area contributed by atoms with Crippen molar-refractivity contribution in [1.82, 2.24) is 4.98 Å². The molecule has 8 heteroatoms. The van der Waals surface area contributed by atoms with E-state index in [9.17, 15) is 13.2 Å². The van der Waals surface area contributed by atoms with Gasteiger partial charge in [0.25, 0.3) is 0 Å². The number of pyridine rings is 1. The molecule has 0 radical (unpaired) electrons. The molecule has 1 saturated heterocycles. The third-order valence-electron chi connectivity index (χ3n) is 2.82. The van der Waals surface area contributed by atoms with Crippen LogP contribution in [0.3, 0.4) is 0 Å². The Balaban J connectivity index is 2.32. The van der Waals surface area contributed by atoms with E-state index in [4.69, 9.17) is 10.8 Å². The van der Waals surface area contributed by atoms with Crippen LogP contribution in [-0.4, -0.2) is 49.1 Å². The highest BCUT2D eigenvalue weighted by molar-refractivity contribution is 7.91. The first-order chi connectivity index (χ1) is 8.39. The predicted molar refractivity (Wildman–Crippen MR) is 66.5 cm³/mol. The molecular formula is C10H13N3O4S. The summed E-state index contributed by atoms with van der Waals surface area (Å²) < 4.78 is 22.6. The normalized spacial score (nSPS) is 18.6. The number of rotatable bonds is 2. The van der Waals surface area contributed by atoms with Gasteiger partial charge in [-0.2, -0.15) is 0 Å². The lowest BCUT2D eigenvalue weighted by molar-refractivity contribution is 0.0697. The zero-order chi connectivity index (χ0) is 13.3. The number of carbonyl (C=O) groups is 1. The number of aromatic carboxylic acids is 1. The van der Waals surface area contributed by atoms with Crippen molar-refractivity contribution >= 4 is 27.3 Å². The molecule has 18 heavy (non-hydrogen) atoms. The Hall–Kier alpha value is -1.83. The topological polar surface area (TPSA) is 114 Å². The number of nitrogens with zero attached hydrogens (tertiary/aromatic N) is 2. The number of sulfone groups is 1. The molecule has 98 valence electrons. The first-order valence-electron chi connectivity index (χ1n) is 5.33. The van der Waals surface area contributed by atoms with E-state index in [0.717, 1.165) is 0 Å². The second-order valence-electron chi connectivity index (χ2n) is 4.07. The summed E-state index contributed by atoms with van der Waals surface area (Å²) in [5, 5.41) is 9.10. The SMILES string of the molecule is Nc1cc(C(=O)O)c(N2CCS(=O)(=O)CC2)cn1. The molecule has 0 aromatic carbocycles. The highest BCUT2D eigenvalue weighted by Crippen LogP contribution is 2.23. The zero-order valence-corrected chi connectivity index (χ0v) is 10.4. The fourth-order valence-corrected chi connectivity index (χ4v) is 3.04. The minimum absolute atomic E-state index is 0.0242. The van der Waals surface area contributed by atoms with Gasteiger partial charge in [0.2, 0.25) is 0 Å². The van der Waals surface area contributed by atoms with Crippen molar-refractivity contribution in [2.24, 2.45) is 0 Å². The van der Waals surface area contributed by atoms with Gasteiger partial charge in [0.1, 0.15) is 5.82 Å². The molecule has 0 unspecified atom stereocenters. The van der Waals surface area contributed by atoms with Gasteiger partial charge in [-0.3, -0.25) is 0 Å².